The number of aliphatic carboxylic acids is 1. The summed E-state index contributed by atoms with van der Waals surface area (Å²) in [6.07, 6.45) is 2.80. The van der Waals surface area contributed by atoms with Crippen LogP contribution in [0.1, 0.15) is 32.1 Å². The van der Waals surface area contributed by atoms with Gasteiger partial charge in [0, 0.05) is 12.6 Å². The number of carbonyl (C=O) groups excluding carboxylic acids is 1. The molecule has 3 rings (SSSR count). The van der Waals surface area contributed by atoms with Gasteiger partial charge < -0.3 is 10.4 Å². The predicted octanol–water partition coefficient (Wildman–Crippen LogP) is 1.21. The molecular weight excluding hydrogens is 344 g/mol. The maximum absolute atomic E-state index is 12.9. The summed E-state index contributed by atoms with van der Waals surface area (Å²) in [5.74, 6) is -1.59. The smallest absolute Gasteiger partial charge is 0.306 e. The van der Waals surface area contributed by atoms with Crippen LogP contribution < -0.4 is 5.32 Å². The molecule has 1 unspecified atom stereocenters. The van der Waals surface area contributed by atoms with Crippen LogP contribution in [0.15, 0.2) is 35.2 Å². The zero-order valence-corrected chi connectivity index (χ0v) is 14.6. The fraction of sp³-hybridized carbons (Fsp3) is 0.529. The highest BCUT2D eigenvalue weighted by atomic mass is 32.2. The van der Waals surface area contributed by atoms with Gasteiger partial charge in [-0.3, -0.25) is 9.59 Å². The average molecular weight is 366 g/mol. The number of nitrogens with one attached hydrogen (secondary N) is 1. The van der Waals surface area contributed by atoms with Gasteiger partial charge in [-0.15, -0.1) is 0 Å². The summed E-state index contributed by atoms with van der Waals surface area (Å²) < 4.78 is 27.0. The summed E-state index contributed by atoms with van der Waals surface area (Å²) in [5.41, 5.74) is 0. The Morgan fingerprint density at radius 3 is 2.44 bits per heavy atom. The van der Waals surface area contributed by atoms with Crippen LogP contribution in [-0.4, -0.2) is 48.3 Å². The van der Waals surface area contributed by atoms with E-state index >= 15 is 0 Å². The van der Waals surface area contributed by atoms with Gasteiger partial charge >= 0.3 is 5.97 Å². The summed E-state index contributed by atoms with van der Waals surface area (Å²) in [6.45, 7) is 0.317. The van der Waals surface area contributed by atoms with Crippen LogP contribution in [0.5, 0.6) is 0 Å². The minimum Gasteiger partial charge on any atom is -0.481 e. The van der Waals surface area contributed by atoms with Crippen molar-refractivity contribution in [2.24, 2.45) is 5.92 Å². The molecule has 0 bridgehead atoms. The molecule has 136 valence electrons. The van der Waals surface area contributed by atoms with Gasteiger partial charge in [0.1, 0.15) is 6.04 Å². The number of carboxylic acid groups (broad SMARTS) is 1. The van der Waals surface area contributed by atoms with Crippen LogP contribution >= 0.6 is 0 Å². The van der Waals surface area contributed by atoms with E-state index < -0.39 is 28.0 Å². The first kappa shape index (κ1) is 17.9. The van der Waals surface area contributed by atoms with E-state index in [-0.39, 0.29) is 16.8 Å². The first-order valence-corrected chi connectivity index (χ1v) is 9.93. The van der Waals surface area contributed by atoms with Gasteiger partial charge in [-0.25, -0.2) is 8.42 Å². The van der Waals surface area contributed by atoms with Gasteiger partial charge in [0.15, 0.2) is 0 Å². The summed E-state index contributed by atoms with van der Waals surface area (Å²) in [7, 11) is -3.73. The number of hydrogen-bond donors (Lipinski definition) is 2. The van der Waals surface area contributed by atoms with Gasteiger partial charge in [0.25, 0.3) is 0 Å². The fourth-order valence-electron chi connectivity index (χ4n) is 3.42. The minimum atomic E-state index is -3.73. The number of benzene rings is 1. The fourth-order valence-corrected chi connectivity index (χ4v) is 5.09. The van der Waals surface area contributed by atoms with E-state index in [4.69, 9.17) is 5.11 Å². The molecule has 2 fully saturated rings. The molecule has 0 radical (unpaired) electrons. The average Bonchev–Trinajstić information content (AvgIpc) is 2.58. The number of sulfonamides is 1. The van der Waals surface area contributed by atoms with E-state index in [0.29, 0.717) is 25.8 Å². The molecule has 1 aliphatic carbocycles. The zero-order chi connectivity index (χ0) is 18.0. The number of nitrogens with zero attached hydrogens (tertiary/aromatic N) is 1. The molecule has 1 atom stereocenters. The van der Waals surface area contributed by atoms with Crippen molar-refractivity contribution < 1.29 is 23.1 Å². The number of rotatable bonds is 5. The van der Waals surface area contributed by atoms with Crippen molar-refractivity contribution in [1.29, 1.82) is 0 Å². The van der Waals surface area contributed by atoms with E-state index in [1.165, 1.54) is 16.4 Å². The van der Waals surface area contributed by atoms with Crippen LogP contribution in [0.25, 0.3) is 0 Å². The highest BCUT2D eigenvalue weighted by Crippen LogP contribution is 2.29. The van der Waals surface area contributed by atoms with E-state index in [0.717, 1.165) is 12.8 Å². The molecule has 2 aliphatic rings. The highest BCUT2D eigenvalue weighted by molar-refractivity contribution is 7.89. The zero-order valence-electron chi connectivity index (χ0n) is 13.8. The topological polar surface area (TPSA) is 104 Å². The van der Waals surface area contributed by atoms with Crippen LogP contribution in [0.2, 0.25) is 0 Å². The largest absolute Gasteiger partial charge is 0.481 e. The molecule has 0 spiro atoms. The third kappa shape index (κ3) is 3.69. The van der Waals surface area contributed by atoms with Crippen molar-refractivity contribution in [3.8, 4) is 0 Å². The Morgan fingerprint density at radius 1 is 1.12 bits per heavy atom. The lowest BCUT2D eigenvalue weighted by Crippen LogP contribution is -2.56. The molecule has 1 aliphatic heterocycles. The van der Waals surface area contributed by atoms with Crippen molar-refractivity contribution in [2.75, 3.05) is 6.54 Å². The summed E-state index contributed by atoms with van der Waals surface area (Å²) in [6, 6.07) is 7.21. The number of carbonyl (C=O) groups is 2. The van der Waals surface area contributed by atoms with E-state index in [1.807, 2.05) is 0 Å². The molecule has 1 amide bonds. The molecule has 1 aromatic rings. The third-order valence-electron chi connectivity index (χ3n) is 4.94. The Balaban J connectivity index is 1.71. The number of hydrogen-bond acceptors (Lipinski definition) is 4. The maximum atomic E-state index is 12.9. The second-order valence-corrected chi connectivity index (χ2v) is 8.54. The van der Waals surface area contributed by atoms with E-state index in [2.05, 4.69) is 5.32 Å². The van der Waals surface area contributed by atoms with Crippen molar-refractivity contribution in [1.82, 2.24) is 9.62 Å². The molecule has 0 aromatic heterocycles. The quantitative estimate of drug-likeness (QED) is 0.815. The monoisotopic (exact) mass is 366 g/mol. The predicted molar refractivity (Wildman–Crippen MR) is 90.3 cm³/mol. The van der Waals surface area contributed by atoms with Crippen molar-refractivity contribution in [2.45, 2.75) is 49.1 Å². The SMILES string of the molecule is O=C(O)C1CC(NC(=O)C2CCCCN2S(=O)(=O)c2ccccc2)C1. The second-order valence-electron chi connectivity index (χ2n) is 6.65. The van der Waals surface area contributed by atoms with E-state index in [9.17, 15) is 18.0 Å². The van der Waals surface area contributed by atoms with Gasteiger partial charge in [-0.05, 0) is 37.8 Å². The Bertz CT molecular complexity index is 744. The lowest BCUT2D eigenvalue weighted by atomic mass is 9.80. The molecule has 1 saturated carbocycles. The van der Waals surface area contributed by atoms with Crippen molar-refractivity contribution in [3.05, 3.63) is 30.3 Å². The summed E-state index contributed by atoms with van der Waals surface area (Å²) >= 11 is 0. The first-order chi connectivity index (χ1) is 11.9. The summed E-state index contributed by atoms with van der Waals surface area (Å²) in [4.78, 5) is 23.6. The Kier molecular flexibility index (Phi) is 5.10. The van der Waals surface area contributed by atoms with Gasteiger partial charge in [0.2, 0.25) is 15.9 Å². The normalized spacial score (nSPS) is 27.3. The number of carboxylic acids is 1. The van der Waals surface area contributed by atoms with Crippen molar-refractivity contribution >= 4 is 21.9 Å². The lowest BCUT2D eigenvalue weighted by molar-refractivity contribution is -0.146. The minimum absolute atomic E-state index is 0.184. The maximum Gasteiger partial charge on any atom is 0.306 e. The standard InChI is InChI=1S/C17H22N2O5S/c20-16(18-13-10-12(11-13)17(21)22)15-8-4-5-9-19(15)25(23,24)14-6-2-1-3-7-14/h1-3,6-7,12-13,15H,4-5,8-11H2,(H,18,20)(H,21,22). The molecular formula is C17H22N2O5S. The van der Waals surface area contributed by atoms with Crippen LogP contribution in [0.3, 0.4) is 0 Å². The Morgan fingerprint density at radius 2 is 1.80 bits per heavy atom. The third-order valence-corrected chi connectivity index (χ3v) is 6.86. The van der Waals surface area contributed by atoms with Gasteiger partial charge in [-0.1, -0.05) is 24.6 Å². The van der Waals surface area contributed by atoms with Gasteiger partial charge in [-0.2, -0.15) is 4.31 Å². The molecule has 7 nitrogen and oxygen atoms in total. The van der Waals surface area contributed by atoms with Gasteiger partial charge in [0.05, 0.1) is 10.8 Å². The van der Waals surface area contributed by atoms with Crippen LogP contribution in [0, 0.1) is 5.92 Å². The second kappa shape index (κ2) is 7.13. The molecule has 2 N–H and O–H groups in total. The van der Waals surface area contributed by atoms with Crippen LogP contribution in [-0.2, 0) is 19.6 Å². The molecule has 1 aromatic carbocycles. The molecule has 1 saturated heterocycles. The lowest BCUT2D eigenvalue weighted by Gasteiger charge is -2.37. The molecule has 1 heterocycles. The molecule has 25 heavy (non-hydrogen) atoms. The number of amides is 1. The Hall–Kier alpha value is -1.93. The first-order valence-electron chi connectivity index (χ1n) is 8.49. The van der Waals surface area contributed by atoms with Crippen molar-refractivity contribution in [3.63, 3.8) is 0 Å². The van der Waals surface area contributed by atoms with E-state index in [1.54, 1.807) is 18.2 Å². The highest BCUT2D eigenvalue weighted by Gasteiger charge is 2.41. The Labute approximate surface area is 147 Å². The van der Waals surface area contributed by atoms with Crippen LogP contribution in [0.4, 0.5) is 0 Å². The molecule has 8 heteroatoms. The number of piperidine rings is 1. The summed E-state index contributed by atoms with van der Waals surface area (Å²) in [5, 5.41) is 11.7.